The quantitative estimate of drug-likeness (QED) is 0.618. The van der Waals surface area contributed by atoms with Crippen molar-refractivity contribution in [2.45, 2.75) is 0 Å². The molecule has 0 aliphatic carbocycles. The molecule has 0 N–H and O–H groups in total. The highest BCUT2D eigenvalue weighted by molar-refractivity contribution is 7.98. The van der Waals surface area contributed by atoms with E-state index in [1.807, 2.05) is 0 Å². The van der Waals surface area contributed by atoms with Gasteiger partial charge in [0.1, 0.15) is 0 Å². The molecule has 0 aliphatic rings. The van der Waals surface area contributed by atoms with Gasteiger partial charge < -0.3 is 4.18 Å². The molecular weight excluding hydrogens is 322 g/mol. The maximum Gasteiger partial charge on any atom is 0.467 e. The van der Waals surface area contributed by atoms with Gasteiger partial charge >= 0.3 is 20.8 Å². The molecule has 98 valence electrons. The van der Waals surface area contributed by atoms with E-state index < -0.39 is 37.0 Å². The summed E-state index contributed by atoms with van der Waals surface area (Å²) in [5.74, 6) is 0. The minimum atomic E-state index is -5.27. The van der Waals surface area contributed by atoms with Crippen LogP contribution < -0.4 is 4.18 Å². The van der Waals surface area contributed by atoms with Crippen LogP contribution in [0, 0.1) is 0 Å². The predicted molar refractivity (Wildman–Crippen MR) is 53.1 cm³/mol. The van der Waals surface area contributed by atoms with Gasteiger partial charge in [-0.2, -0.15) is 16.8 Å². The largest absolute Gasteiger partial charge is 0.467 e. The number of aromatic nitrogens is 1. The fourth-order valence-electron chi connectivity index (χ4n) is 0.542. The van der Waals surface area contributed by atoms with Crippen LogP contribution in [0.3, 0.4) is 0 Å². The first kappa shape index (κ1) is 14.3. The van der Waals surface area contributed by atoms with Gasteiger partial charge in [-0.3, -0.25) is 0 Å². The first-order valence-corrected chi connectivity index (χ1v) is 7.98. The average molecular weight is 325 g/mol. The van der Waals surface area contributed by atoms with E-state index in [-0.39, 0.29) is 0 Å². The number of thiazole rings is 1. The van der Waals surface area contributed by atoms with Crippen molar-refractivity contribution in [2.24, 2.45) is 0 Å². The van der Waals surface area contributed by atoms with Gasteiger partial charge in [0.05, 0.1) is 0 Å². The lowest BCUT2D eigenvalue weighted by Gasteiger charge is -2.01. The lowest BCUT2D eigenvalue weighted by atomic mass is 11.0. The highest BCUT2D eigenvalue weighted by Crippen LogP contribution is 2.17. The molecule has 0 radical (unpaired) electrons. The molecule has 0 atom stereocenters. The van der Waals surface area contributed by atoms with Gasteiger partial charge in [0.25, 0.3) is 16.2 Å². The van der Waals surface area contributed by atoms with Crippen LogP contribution in [0.1, 0.15) is 0 Å². The van der Waals surface area contributed by atoms with E-state index in [9.17, 15) is 25.3 Å². The molecular formula is C3H3NO9S4. The molecule has 1 aromatic rings. The van der Waals surface area contributed by atoms with E-state index in [1.165, 1.54) is 11.6 Å². The fraction of sp³-hybridized carbons (Fsp3) is 0. The van der Waals surface area contributed by atoms with E-state index in [2.05, 4.69) is 16.4 Å². The van der Waals surface area contributed by atoms with Gasteiger partial charge in [0.15, 0.2) is 0 Å². The van der Waals surface area contributed by atoms with Crippen molar-refractivity contribution in [1.29, 1.82) is 0 Å². The van der Waals surface area contributed by atoms with Crippen LogP contribution in [0.5, 0.6) is 5.19 Å². The van der Waals surface area contributed by atoms with Crippen LogP contribution in [-0.2, 0) is 39.0 Å². The Hall–Kier alpha value is -0.800. The second kappa shape index (κ2) is 5.23. The highest BCUT2D eigenvalue weighted by atomic mass is 32.3. The van der Waals surface area contributed by atoms with Crippen LogP contribution in [0.25, 0.3) is 0 Å². The third-order valence-corrected chi connectivity index (χ3v) is 4.57. The highest BCUT2D eigenvalue weighted by Gasteiger charge is 2.28. The van der Waals surface area contributed by atoms with Crippen molar-refractivity contribution < 1.29 is 36.7 Å². The summed E-state index contributed by atoms with van der Waals surface area (Å²) in [6, 6.07) is 0. The number of hydrogen-bond acceptors (Lipinski definition) is 11. The Bertz CT molecular complexity index is 628. The first-order chi connectivity index (χ1) is 7.70. The molecule has 0 fully saturated rings. The molecule has 1 rings (SSSR count). The Morgan fingerprint density at radius 2 is 1.82 bits per heavy atom. The molecule has 0 spiro atoms. The van der Waals surface area contributed by atoms with Crippen molar-refractivity contribution in [3.63, 3.8) is 0 Å². The molecule has 1 aromatic heterocycles. The summed E-state index contributed by atoms with van der Waals surface area (Å²) in [6.45, 7) is 0. The van der Waals surface area contributed by atoms with Gasteiger partial charge in [-0.1, -0.05) is 15.0 Å². The van der Waals surface area contributed by atoms with E-state index in [0.717, 1.165) is 11.3 Å². The summed E-state index contributed by atoms with van der Waals surface area (Å²) in [7, 11) is -14.2. The topological polar surface area (TPSA) is 143 Å². The van der Waals surface area contributed by atoms with Crippen LogP contribution in [0.15, 0.2) is 11.6 Å². The summed E-state index contributed by atoms with van der Waals surface area (Å²) in [4.78, 5) is 3.37. The smallest absolute Gasteiger partial charge is 0.330 e. The fourth-order valence-corrected chi connectivity index (χ4v) is 3.37. The second-order valence-corrected chi connectivity index (χ2v) is 6.31. The SMILES string of the molecule is O=[SH](=O)OS(=O)(=O)OS(=O)(=O)Oc1nccs1. The monoisotopic (exact) mass is 325 g/mol. The van der Waals surface area contributed by atoms with Crippen molar-refractivity contribution in [1.82, 2.24) is 4.98 Å². The zero-order chi connectivity index (χ0) is 13.1. The average Bonchev–Trinajstić information content (AvgIpc) is 2.49. The molecule has 0 saturated carbocycles. The van der Waals surface area contributed by atoms with E-state index in [1.54, 1.807) is 0 Å². The molecule has 0 bridgehead atoms. The Balaban J connectivity index is 2.80. The van der Waals surface area contributed by atoms with Crippen molar-refractivity contribution in [3.8, 4) is 5.19 Å². The number of thiol groups is 1. The van der Waals surface area contributed by atoms with Gasteiger partial charge in [-0.05, 0) is 0 Å². The van der Waals surface area contributed by atoms with Crippen molar-refractivity contribution >= 4 is 43.1 Å². The first-order valence-electron chi connectivity index (χ1n) is 3.34. The molecule has 17 heavy (non-hydrogen) atoms. The van der Waals surface area contributed by atoms with E-state index in [4.69, 9.17) is 0 Å². The Morgan fingerprint density at radius 3 is 2.29 bits per heavy atom. The maximum atomic E-state index is 11.0. The van der Waals surface area contributed by atoms with Crippen molar-refractivity contribution in [3.05, 3.63) is 11.6 Å². The third-order valence-electron chi connectivity index (χ3n) is 0.902. The lowest BCUT2D eigenvalue weighted by molar-refractivity contribution is 0.354. The second-order valence-electron chi connectivity index (χ2n) is 2.06. The van der Waals surface area contributed by atoms with Crippen LogP contribution in [0.2, 0.25) is 0 Å². The van der Waals surface area contributed by atoms with Gasteiger partial charge in [0, 0.05) is 11.6 Å². The number of nitrogens with zero attached hydrogens (tertiary/aromatic N) is 1. The summed E-state index contributed by atoms with van der Waals surface area (Å²) in [5.41, 5.74) is 0. The molecule has 0 amide bonds. The predicted octanol–water partition coefficient (Wildman–Crippen LogP) is -1.43. The molecule has 10 nitrogen and oxygen atoms in total. The van der Waals surface area contributed by atoms with Crippen molar-refractivity contribution in [2.75, 3.05) is 0 Å². The minimum absolute atomic E-state index is 0.410. The molecule has 14 heteroatoms. The number of rotatable bonds is 6. The molecule has 0 unspecified atom stereocenters. The summed E-state index contributed by atoms with van der Waals surface area (Å²) < 4.78 is 73.8. The van der Waals surface area contributed by atoms with E-state index in [0.29, 0.717) is 0 Å². The maximum absolute atomic E-state index is 11.0. The molecule has 0 saturated heterocycles. The number of hydrogen-bond donors (Lipinski definition) is 1. The minimum Gasteiger partial charge on any atom is -0.330 e. The lowest BCUT2D eigenvalue weighted by Crippen LogP contribution is -2.19. The molecule has 0 aliphatic heterocycles. The Morgan fingerprint density at radius 1 is 1.18 bits per heavy atom. The third kappa shape index (κ3) is 5.37. The standard InChI is InChI=1S/C3H3NO9S4/c5-15(6)12-17(9,10)13-16(7,8)11-3-4-1-2-14-3/h1-2,15H. The summed E-state index contributed by atoms with van der Waals surface area (Å²) in [5, 5.41) is 0.941. The van der Waals surface area contributed by atoms with E-state index >= 15 is 0 Å². The molecule has 1 heterocycles. The Kier molecular flexibility index (Phi) is 4.39. The zero-order valence-electron chi connectivity index (χ0n) is 7.45. The van der Waals surface area contributed by atoms with Crippen LogP contribution in [0.4, 0.5) is 0 Å². The van der Waals surface area contributed by atoms with Crippen LogP contribution >= 0.6 is 11.3 Å². The summed E-state index contributed by atoms with van der Waals surface area (Å²) >= 11 is 0.742. The summed E-state index contributed by atoms with van der Waals surface area (Å²) in [6.07, 6.45) is 1.19. The Labute approximate surface area is 102 Å². The van der Waals surface area contributed by atoms with Crippen LogP contribution in [-0.4, -0.2) is 30.2 Å². The van der Waals surface area contributed by atoms with Gasteiger partial charge in [-0.15, -0.1) is 3.63 Å². The zero-order valence-corrected chi connectivity index (χ0v) is 10.8. The molecule has 0 aromatic carbocycles. The van der Waals surface area contributed by atoms with Gasteiger partial charge in [0.2, 0.25) is 0 Å². The van der Waals surface area contributed by atoms with Gasteiger partial charge in [-0.25, -0.2) is 13.4 Å². The normalized spacial score (nSPS) is 12.8.